The van der Waals surface area contributed by atoms with Crippen molar-refractivity contribution in [3.63, 3.8) is 0 Å². The molecule has 4 heteroatoms. The van der Waals surface area contributed by atoms with E-state index in [-0.39, 0.29) is 0 Å². The number of hydrogen-bond acceptors (Lipinski definition) is 2. The lowest BCUT2D eigenvalue weighted by Crippen LogP contribution is -1.95. The molecule has 1 heterocycles. The average Bonchev–Trinajstić information content (AvgIpc) is 2.99. The van der Waals surface area contributed by atoms with Crippen LogP contribution in [0.15, 0.2) is 60.9 Å². The van der Waals surface area contributed by atoms with Gasteiger partial charge in [0.15, 0.2) is 0 Å². The largest absolute Gasteiger partial charge is 0.494 e. The van der Waals surface area contributed by atoms with Gasteiger partial charge in [-0.15, -0.1) is 0 Å². The second-order valence-corrected chi connectivity index (χ2v) is 5.04. The quantitative estimate of drug-likeness (QED) is 0.704. The van der Waals surface area contributed by atoms with Gasteiger partial charge in [-0.1, -0.05) is 23.7 Å². The minimum absolute atomic E-state index is 0.668. The first-order valence-electron chi connectivity index (χ1n) is 6.80. The molecule has 0 unspecified atom stereocenters. The van der Waals surface area contributed by atoms with Crippen molar-refractivity contribution in [1.82, 2.24) is 9.78 Å². The molecule has 0 bridgehead atoms. The second kappa shape index (κ2) is 6.02. The summed E-state index contributed by atoms with van der Waals surface area (Å²) in [6.07, 6.45) is 3.85. The number of halogens is 1. The normalized spacial score (nSPS) is 10.6. The van der Waals surface area contributed by atoms with Gasteiger partial charge in [-0.3, -0.25) is 0 Å². The highest BCUT2D eigenvalue weighted by atomic mass is 35.5. The van der Waals surface area contributed by atoms with Crippen LogP contribution in [0.3, 0.4) is 0 Å². The first kappa shape index (κ1) is 13.7. The highest BCUT2D eigenvalue weighted by molar-refractivity contribution is 6.30. The van der Waals surface area contributed by atoms with E-state index in [0.29, 0.717) is 6.61 Å². The van der Waals surface area contributed by atoms with Gasteiger partial charge in [-0.25, -0.2) is 4.68 Å². The molecule has 3 aromatic rings. The summed E-state index contributed by atoms with van der Waals surface area (Å²) in [7, 11) is 0. The zero-order valence-electron chi connectivity index (χ0n) is 11.7. The molecule has 1 aromatic heterocycles. The van der Waals surface area contributed by atoms with Gasteiger partial charge in [-0.2, -0.15) is 5.10 Å². The Morgan fingerprint density at radius 1 is 1.00 bits per heavy atom. The number of aromatic nitrogens is 2. The Labute approximate surface area is 128 Å². The zero-order valence-corrected chi connectivity index (χ0v) is 12.4. The van der Waals surface area contributed by atoms with Crippen molar-refractivity contribution in [3.05, 3.63) is 65.9 Å². The number of nitrogens with zero attached hydrogens (tertiary/aromatic N) is 2. The van der Waals surface area contributed by atoms with Crippen molar-refractivity contribution in [2.24, 2.45) is 0 Å². The standard InChI is InChI=1S/C17H15ClN2O/c1-2-21-17-9-7-16(8-10-17)20-12-14(11-19-20)13-3-5-15(18)6-4-13/h3-12H,2H2,1H3. The van der Waals surface area contributed by atoms with Gasteiger partial charge < -0.3 is 4.74 Å². The second-order valence-electron chi connectivity index (χ2n) is 4.61. The lowest BCUT2D eigenvalue weighted by atomic mass is 10.1. The predicted octanol–water partition coefficient (Wildman–Crippen LogP) is 4.59. The van der Waals surface area contributed by atoms with Crippen LogP contribution in [-0.4, -0.2) is 16.4 Å². The molecule has 3 rings (SSSR count). The Morgan fingerprint density at radius 3 is 2.38 bits per heavy atom. The lowest BCUT2D eigenvalue weighted by molar-refractivity contribution is 0.340. The number of rotatable bonds is 4. The van der Waals surface area contributed by atoms with Crippen LogP contribution in [0.25, 0.3) is 16.8 Å². The fourth-order valence-electron chi connectivity index (χ4n) is 2.12. The van der Waals surface area contributed by atoms with E-state index in [1.165, 1.54) is 0 Å². The van der Waals surface area contributed by atoms with Crippen LogP contribution in [-0.2, 0) is 0 Å². The molecule has 0 atom stereocenters. The number of benzene rings is 2. The van der Waals surface area contributed by atoms with Crippen LogP contribution in [0.2, 0.25) is 5.02 Å². The molecule has 0 aliphatic heterocycles. The summed E-state index contributed by atoms with van der Waals surface area (Å²) in [6, 6.07) is 15.6. The van der Waals surface area contributed by atoms with Crippen LogP contribution in [0.5, 0.6) is 5.75 Å². The first-order chi connectivity index (χ1) is 10.3. The van der Waals surface area contributed by atoms with E-state index >= 15 is 0 Å². The maximum Gasteiger partial charge on any atom is 0.119 e. The van der Waals surface area contributed by atoms with E-state index in [0.717, 1.165) is 27.6 Å². The summed E-state index contributed by atoms with van der Waals surface area (Å²) in [5, 5.41) is 5.14. The van der Waals surface area contributed by atoms with Crippen LogP contribution in [0.4, 0.5) is 0 Å². The van der Waals surface area contributed by atoms with E-state index in [1.807, 2.05) is 72.5 Å². The zero-order chi connectivity index (χ0) is 14.7. The molecule has 2 aromatic carbocycles. The van der Waals surface area contributed by atoms with Crippen molar-refractivity contribution in [1.29, 1.82) is 0 Å². The third kappa shape index (κ3) is 3.09. The molecule has 0 saturated carbocycles. The minimum atomic E-state index is 0.668. The smallest absolute Gasteiger partial charge is 0.119 e. The third-order valence-electron chi connectivity index (χ3n) is 3.17. The fraction of sp³-hybridized carbons (Fsp3) is 0.118. The van der Waals surface area contributed by atoms with E-state index in [2.05, 4.69) is 5.10 Å². The van der Waals surface area contributed by atoms with Gasteiger partial charge in [0.2, 0.25) is 0 Å². The molecule has 3 nitrogen and oxygen atoms in total. The van der Waals surface area contributed by atoms with E-state index < -0.39 is 0 Å². The van der Waals surface area contributed by atoms with Gasteiger partial charge in [0.05, 0.1) is 18.5 Å². The van der Waals surface area contributed by atoms with Crippen molar-refractivity contribution in [2.75, 3.05) is 6.61 Å². The molecule has 0 radical (unpaired) electrons. The fourth-order valence-corrected chi connectivity index (χ4v) is 2.24. The molecule has 0 N–H and O–H groups in total. The van der Waals surface area contributed by atoms with E-state index in [4.69, 9.17) is 16.3 Å². The molecule has 21 heavy (non-hydrogen) atoms. The van der Waals surface area contributed by atoms with E-state index in [1.54, 1.807) is 0 Å². The van der Waals surface area contributed by atoms with Crippen molar-refractivity contribution in [3.8, 4) is 22.6 Å². The third-order valence-corrected chi connectivity index (χ3v) is 3.42. The Morgan fingerprint density at radius 2 is 1.71 bits per heavy atom. The lowest BCUT2D eigenvalue weighted by Gasteiger charge is -2.04. The first-order valence-corrected chi connectivity index (χ1v) is 7.18. The Bertz CT molecular complexity index is 717. The maximum atomic E-state index is 5.91. The van der Waals surface area contributed by atoms with E-state index in [9.17, 15) is 0 Å². The molecule has 0 aliphatic carbocycles. The molecular weight excluding hydrogens is 284 g/mol. The Balaban J connectivity index is 1.85. The van der Waals surface area contributed by atoms with Crippen LogP contribution in [0, 0.1) is 0 Å². The van der Waals surface area contributed by atoms with Gasteiger partial charge in [0.25, 0.3) is 0 Å². The number of ether oxygens (including phenoxy) is 1. The highest BCUT2D eigenvalue weighted by Crippen LogP contribution is 2.22. The molecule has 0 fully saturated rings. The summed E-state index contributed by atoms with van der Waals surface area (Å²) in [4.78, 5) is 0. The highest BCUT2D eigenvalue weighted by Gasteiger charge is 2.04. The molecule has 0 spiro atoms. The monoisotopic (exact) mass is 298 g/mol. The van der Waals surface area contributed by atoms with Crippen LogP contribution < -0.4 is 4.74 Å². The van der Waals surface area contributed by atoms with Gasteiger partial charge in [0.1, 0.15) is 5.75 Å². The van der Waals surface area contributed by atoms with Gasteiger partial charge >= 0.3 is 0 Å². The van der Waals surface area contributed by atoms with Crippen molar-refractivity contribution < 1.29 is 4.74 Å². The minimum Gasteiger partial charge on any atom is -0.494 e. The summed E-state index contributed by atoms with van der Waals surface area (Å²) in [5.74, 6) is 0.867. The summed E-state index contributed by atoms with van der Waals surface area (Å²) >= 11 is 5.91. The topological polar surface area (TPSA) is 27.1 Å². The molecule has 0 amide bonds. The summed E-state index contributed by atoms with van der Waals surface area (Å²) in [6.45, 7) is 2.64. The number of hydrogen-bond donors (Lipinski definition) is 0. The maximum absolute atomic E-state index is 5.91. The van der Waals surface area contributed by atoms with Crippen LogP contribution in [0.1, 0.15) is 6.92 Å². The average molecular weight is 299 g/mol. The molecule has 0 saturated heterocycles. The SMILES string of the molecule is CCOc1ccc(-n2cc(-c3ccc(Cl)cc3)cn2)cc1. The molecular formula is C17H15ClN2O. The van der Waals surface area contributed by atoms with Gasteiger partial charge in [0, 0.05) is 16.8 Å². The molecule has 0 aliphatic rings. The Hall–Kier alpha value is -2.26. The summed E-state index contributed by atoms with van der Waals surface area (Å²) in [5.41, 5.74) is 3.15. The Kier molecular flexibility index (Phi) is 3.93. The summed E-state index contributed by atoms with van der Waals surface area (Å²) < 4.78 is 7.29. The van der Waals surface area contributed by atoms with Crippen molar-refractivity contribution >= 4 is 11.6 Å². The molecule has 106 valence electrons. The van der Waals surface area contributed by atoms with Crippen LogP contribution >= 0.6 is 11.6 Å². The van der Waals surface area contributed by atoms with Gasteiger partial charge in [-0.05, 0) is 48.9 Å². The van der Waals surface area contributed by atoms with Crippen molar-refractivity contribution in [2.45, 2.75) is 6.92 Å². The predicted molar refractivity (Wildman–Crippen MR) is 85.2 cm³/mol.